The number of aliphatic imine (C=N–C) groups is 1. The van der Waals surface area contributed by atoms with Gasteiger partial charge in [-0.15, -0.1) is 0 Å². The van der Waals surface area contributed by atoms with Crippen LogP contribution in [0.2, 0.25) is 0 Å². The molecule has 6 heteroatoms. The number of benzene rings is 1. The smallest absolute Gasteiger partial charge is 0.259 e. The van der Waals surface area contributed by atoms with Crippen LogP contribution in [-0.4, -0.2) is 48.5 Å². The Bertz CT molecular complexity index is 838. The van der Waals surface area contributed by atoms with Gasteiger partial charge in [0.2, 0.25) is 5.91 Å². The van der Waals surface area contributed by atoms with Crippen LogP contribution in [0.25, 0.3) is 0 Å². The normalized spacial score (nSPS) is 17.3. The van der Waals surface area contributed by atoms with Crippen molar-refractivity contribution in [2.24, 2.45) is 4.99 Å². The molecule has 6 nitrogen and oxygen atoms in total. The van der Waals surface area contributed by atoms with Crippen LogP contribution in [0, 0.1) is 0 Å². The Balaban J connectivity index is 2.66. The highest BCUT2D eigenvalue weighted by molar-refractivity contribution is 6.15. The summed E-state index contributed by atoms with van der Waals surface area (Å²) in [6, 6.07) is 8.34. The number of hydrogen-bond donors (Lipinski definition) is 1. The quantitative estimate of drug-likeness (QED) is 0.609. The summed E-state index contributed by atoms with van der Waals surface area (Å²) in [6.45, 7) is 6.07. The van der Waals surface area contributed by atoms with E-state index in [1.165, 1.54) is 11.9 Å². The fraction of sp³-hybridized carbons (Fsp3) is 0.273. The lowest BCUT2D eigenvalue weighted by Gasteiger charge is -2.32. The molecule has 0 saturated carbocycles. The molecule has 0 fully saturated rings. The molecule has 0 saturated heterocycles. The van der Waals surface area contributed by atoms with Crippen molar-refractivity contribution in [1.29, 1.82) is 0 Å². The summed E-state index contributed by atoms with van der Waals surface area (Å²) in [5.74, 6) is -0.391. The van der Waals surface area contributed by atoms with Crippen molar-refractivity contribution >= 4 is 23.9 Å². The van der Waals surface area contributed by atoms with E-state index in [4.69, 9.17) is 0 Å². The van der Waals surface area contributed by atoms with Crippen molar-refractivity contribution in [2.75, 3.05) is 13.6 Å². The minimum absolute atomic E-state index is 0.144. The van der Waals surface area contributed by atoms with E-state index in [0.717, 1.165) is 6.29 Å². The summed E-state index contributed by atoms with van der Waals surface area (Å²) in [5.41, 5.74) is 1.68. The van der Waals surface area contributed by atoms with Crippen LogP contribution in [0.4, 0.5) is 0 Å². The van der Waals surface area contributed by atoms with Gasteiger partial charge < -0.3 is 10.1 Å². The second kappa shape index (κ2) is 10.2. The van der Waals surface area contributed by atoms with Crippen molar-refractivity contribution in [2.45, 2.75) is 25.8 Å². The molecule has 0 spiro atoms. The third-order valence-corrected chi connectivity index (χ3v) is 4.46. The largest absolute Gasteiger partial charge is 0.357 e. The molecule has 0 radical (unpaired) electrons. The Morgan fingerprint density at radius 3 is 2.71 bits per heavy atom. The summed E-state index contributed by atoms with van der Waals surface area (Å²) in [4.78, 5) is 43.0. The molecule has 146 valence electrons. The van der Waals surface area contributed by atoms with E-state index in [1.807, 2.05) is 42.5 Å². The van der Waals surface area contributed by atoms with E-state index >= 15 is 0 Å². The predicted octanol–water partition coefficient (Wildman–Crippen LogP) is 2.43. The van der Waals surface area contributed by atoms with E-state index in [0.29, 0.717) is 23.5 Å². The van der Waals surface area contributed by atoms with Crippen LogP contribution >= 0.6 is 0 Å². The Morgan fingerprint density at radius 1 is 1.36 bits per heavy atom. The third kappa shape index (κ3) is 4.91. The van der Waals surface area contributed by atoms with Crippen molar-refractivity contribution in [3.8, 4) is 0 Å². The maximum absolute atomic E-state index is 13.4. The molecule has 2 rings (SSSR count). The molecule has 1 aliphatic rings. The first-order valence-corrected chi connectivity index (χ1v) is 9.12. The molecule has 1 aromatic carbocycles. The van der Waals surface area contributed by atoms with Crippen molar-refractivity contribution < 1.29 is 14.4 Å². The average molecular weight is 379 g/mol. The summed E-state index contributed by atoms with van der Waals surface area (Å²) in [6.07, 6.45) is 6.57. The SMILES string of the molecule is C=C1C(=O)N(C(CCC=O)C(=O)NC)C(c2ccccc2)=NC/C=C\C=C1C. The highest BCUT2D eigenvalue weighted by Gasteiger charge is 2.34. The highest BCUT2D eigenvalue weighted by Crippen LogP contribution is 2.21. The first kappa shape index (κ1) is 21.0. The number of nitrogens with zero attached hydrogens (tertiary/aromatic N) is 2. The molecule has 2 amide bonds. The number of likely N-dealkylation sites (N-methyl/N-ethyl adjacent to an activating group) is 1. The lowest BCUT2D eigenvalue weighted by molar-refractivity contribution is -0.133. The Labute approximate surface area is 165 Å². The topological polar surface area (TPSA) is 78.8 Å². The number of carbonyl (C=O) groups is 3. The van der Waals surface area contributed by atoms with Gasteiger partial charge in [0.05, 0.1) is 6.54 Å². The van der Waals surface area contributed by atoms with Gasteiger partial charge in [0, 0.05) is 24.6 Å². The van der Waals surface area contributed by atoms with Gasteiger partial charge in [-0.05, 0) is 18.9 Å². The first-order valence-electron chi connectivity index (χ1n) is 9.12. The molecule has 0 aliphatic carbocycles. The number of amidine groups is 1. The van der Waals surface area contributed by atoms with Crippen molar-refractivity contribution in [1.82, 2.24) is 10.2 Å². The molecule has 1 aromatic rings. The zero-order chi connectivity index (χ0) is 20.5. The van der Waals surface area contributed by atoms with Gasteiger partial charge in [0.1, 0.15) is 18.2 Å². The zero-order valence-electron chi connectivity index (χ0n) is 16.2. The molecule has 1 unspecified atom stereocenters. The Morgan fingerprint density at radius 2 is 2.07 bits per heavy atom. The zero-order valence-corrected chi connectivity index (χ0v) is 16.2. The molecule has 28 heavy (non-hydrogen) atoms. The summed E-state index contributed by atoms with van der Waals surface area (Å²) in [7, 11) is 1.50. The molecular formula is C22H25N3O3. The van der Waals surface area contributed by atoms with Crippen LogP contribution in [0.15, 0.2) is 71.3 Å². The van der Waals surface area contributed by atoms with Crippen LogP contribution < -0.4 is 5.32 Å². The van der Waals surface area contributed by atoms with Gasteiger partial charge in [-0.2, -0.15) is 0 Å². The molecule has 0 aromatic heterocycles. The molecular weight excluding hydrogens is 354 g/mol. The maximum Gasteiger partial charge on any atom is 0.259 e. The van der Waals surface area contributed by atoms with Crippen LogP contribution in [-0.2, 0) is 14.4 Å². The van der Waals surface area contributed by atoms with Crippen LogP contribution in [0.1, 0.15) is 25.3 Å². The van der Waals surface area contributed by atoms with Crippen molar-refractivity contribution in [3.63, 3.8) is 0 Å². The van der Waals surface area contributed by atoms with Gasteiger partial charge in [-0.3, -0.25) is 19.5 Å². The van der Waals surface area contributed by atoms with Gasteiger partial charge in [0.15, 0.2) is 0 Å². The molecule has 0 bridgehead atoms. The van der Waals surface area contributed by atoms with E-state index in [9.17, 15) is 14.4 Å². The molecule has 1 aliphatic heterocycles. The van der Waals surface area contributed by atoms with Gasteiger partial charge in [0.25, 0.3) is 5.91 Å². The fourth-order valence-electron chi connectivity index (χ4n) is 2.88. The van der Waals surface area contributed by atoms with Crippen LogP contribution in [0.5, 0.6) is 0 Å². The van der Waals surface area contributed by atoms with Crippen LogP contribution in [0.3, 0.4) is 0 Å². The minimum Gasteiger partial charge on any atom is -0.357 e. The fourth-order valence-corrected chi connectivity index (χ4v) is 2.88. The average Bonchev–Trinajstić information content (AvgIpc) is 2.72. The molecule has 1 atom stereocenters. The van der Waals surface area contributed by atoms with E-state index < -0.39 is 11.9 Å². The number of hydrogen-bond acceptors (Lipinski definition) is 4. The van der Waals surface area contributed by atoms with E-state index in [1.54, 1.807) is 13.0 Å². The summed E-state index contributed by atoms with van der Waals surface area (Å²) >= 11 is 0. The summed E-state index contributed by atoms with van der Waals surface area (Å²) in [5, 5.41) is 2.59. The maximum atomic E-state index is 13.4. The van der Waals surface area contributed by atoms with Gasteiger partial charge in [-0.1, -0.05) is 55.1 Å². The standard InChI is InChI=1S/C22H25N3O3/c1-16-10-7-8-14-24-20(18-11-5-4-6-12-18)25(22(28)17(16)2)19(13-9-15-26)21(27)23-3/h4-8,10-12,15,19H,2,9,13-14H2,1,3H3,(H,23,27)/b8-7-,16-10?,24-20?. The highest BCUT2D eigenvalue weighted by atomic mass is 16.2. The predicted molar refractivity (Wildman–Crippen MR) is 110 cm³/mol. The number of rotatable bonds is 6. The van der Waals surface area contributed by atoms with E-state index in [2.05, 4.69) is 16.9 Å². The van der Waals surface area contributed by atoms with Gasteiger partial charge in [-0.25, -0.2) is 0 Å². The number of amides is 2. The molecule has 1 N–H and O–H groups in total. The lowest BCUT2D eigenvalue weighted by Crippen LogP contribution is -2.52. The second-order valence-corrected chi connectivity index (χ2v) is 6.34. The first-order chi connectivity index (χ1) is 13.5. The monoisotopic (exact) mass is 379 g/mol. The van der Waals surface area contributed by atoms with Gasteiger partial charge >= 0.3 is 0 Å². The number of allylic oxidation sites excluding steroid dienone is 2. The number of aldehydes is 1. The molecule has 1 heterocycles. The van der Waals surface area contributed by atoms with E-state index in [-0.39, 0.29) is 24.3 Å². The lowest BCUT2D eigenvalue weighted by atomic mass is 10.0. The number of nitrogens with one attached hydrogen (secondary N) is 1. The number of carbonyl (C=O) groups excluding carboxylic acids is 3. The summed E-state index contributed by atoms with van der Waals surface area (Å²) < 4.78 is 0. The Kier molecular flexibility index (Phi) is 7.63. The third-order valence-electron chi connectivity index (χ3n) is 4.46. The Hall–Kier alpha value is -3.28. The minimum atomic E-state index is -0.880. The second-order valence-electron chi connectivity index (χ2n) is 6.34. The van der Waals surface area contributed by atoms with Crippen molar-refractivity contribution in [3.05, 3.63) is 71.8 Å².